The maximum atomic E-state index is 13.0. The van der Waals surface area contributed by atoms with Crippen LogP contribution in [-0.2, 0) is 10.0 Å². The van der Waals surface area contributed by atoms with Crippen LogP contribution in [0.25, 0.3) is 0 Å². The molecular formula is C23H23FN2O4S. The molecule has 0 saturated heterocycles. The quantitative estimate of drug-likeness (QED) is 0.570. The molecule has 0 saturated carbocycles. The fraction of sp³-hybridized carbons (Fsp3) is 0.174. The van der Waals surface area contributed by atoms with Crippen LogP contribution < -0.4 is 9.46 Å². The first kappa shape index (κ1) is 22.3. The predicted molar refractivity (Wildman–Crippen MR) is 117 cm³/mol. The highest BCUT2D eigenvalue weighted by atomic mass is 32.2. The number of nitrogens with one attached hydrogen (secondary N) is 1. The van der Waals surface area contributed by atoms with Crippen LogP contribution in [0.3, 0.4) is 0 Å². The lowest BCUT2D eigenvalue weighted by Gasteiger charge is -2.18. The number of nitrogens with zero attached hydrogens (tertiary/aromatic N) is 1. The number of carbonyl (C=O) groups is 1. The molecule has 0 aromatic heterocycles. The molecule has 0 atom stereocenters. The fourth-order valence-corrected chi connectivity index (χ4v) is 3.82. The topological polar surface area (TPSA) is 75.7 Å². The molecule has 3 aromatic rings. The summed E-state index contributed by atoms with van der Waals surface area (Å²) in [5.74, 6) is 0.0248. The zero-order chi connectivity index (χ0) is 22.4. The summed E-state index contributed by atoms with van der Waals surface area (Å²) in [6.07, 6.45) is 0. The number of hydrogen-bond donors (Lipinski definition) is 1. The Morgan fingerprint density at radius 2 is 1.58 bits per heavy atom. The van der Waals surface area contributed by atoms with Crippen LogP contribution in [0.5, 0.6) is 5.75 Å². The van der Waals surface area contributed by atoms with E-state index in [1.54, 1.807) is 7.05 Å². The minimum Gasteiger partial charge on any atom is -0.492 e. The Balaban J connectivity index is 1.58. The molecule has 8 heteroatoms. The molecule has 3 aromatic carbocycles. The number of benzene rings is 3. The second-order valence-electron chi connectivity index (χ2n) is 7.02. The van der Waals surface area contributed by atoms with Gasteiger partial charge in [-0.05, 0) is 67.6 Å². The van der Waals surface area contributed by atoms with Crippen molar-refractivity contribution in [2.24, 2.45) is 0 Å². The number of rotatable bonds is 8. The Morgan fingerprint density at radius 1 is 0.968 bits per heavy atom. The summed E-state index contributed by atoms with van der Waals surface area (Å²) < 4.78 is 46.0. The van der Waals surface area contributed by atoms with Crippen LogP contribution >= 0.6 is 0 Å². The number of sulfonamides is 1. The van der Waals surface area contributed by atoms with Crippen LogP contribution in [0.15, 0.2) is 77.7 Å². The summed E-state index contributed by atoms with van der Waals surface area (Å²) in [6, 6.07) is 18.3. The molecule has 31 heavy (non-hydrogen) atoms. The van der Waals surface area contributed by atoms with E-state index in [4.69, 9.17) is 4.74 Å². The van der Waals surface area contributed by atoms with Crippen LogP contribution in [0, 0.1) is 12.7 Å². The Kier molecular flexibility index (Phi) is 6.91. The lowest BCUT2D eigenvalue weighted by Crippen LogP contribution is -2.30. The minimum atomic E-state index is -3.85. The van der Waals surface area contributed by atoms with Crippen molar-refractivity contribution in [1.29, 1.82) is 0 Å². The number of amides is 1. The van der Waals surface area contributed by atoms with Crippen molar-refractivity contribution in [1.82, 2.24) is 4.90 Å². The first-order chi connectivity index (χ1) is 14.7. The van der Waals surface area contributed by atoms with Gasteiger partial charge >= 0.3 is 0 Å². The van der Waals surface area contributed by atoms with E-state index in [2.05, 4.69) is 4.72 Å². The van der Waals surface area contributed by atoms with E-state index in [-0.39, 0.29) is 16.5 Å². The van der Waals surface area contributed by atoms with Crippen LogP contribution in [0.1, 0.15) is 15.9 Å². The molecule has 0 unspecified atom stereocenters. The number of halogens is 1. The van der Waals surface area contributed by atoms with E-state index in [1.807, 2.05) is 31.2 Å². The zero-order valence-electron chi connectivity index (χ0n) is 17.2. The van der Waals surface area contributed by atoms with Gasteiger partial charge < -0.3 is 9.64 Å². The lowest BCUT2D eigenvalue weighted by atomic mass is 10.2. The average molecular weight is 443 g/mol. The number of ether oxygens (including phenoxy) is 1. The van der Waals surface area contributed by atoms with E-state index in [0.29, 0.717) is 18.7 Å². The molecule has 1 amide bonds. The average Bonchev–Trinajstić information content (AvgIpc) is 2.76. The molecule has 0 bridgehead atoms. The molecule has 0 aliphatic carbocycles. The number of hydrogen-bond acceptors (Lipinski definition) is 4. The molecule has 3 rings (SSSR count). The minimum absolute atomic E-state index is 0.00117. The Morgan fingerprint density at radius 3 is 2.19 bits per heavy atom. The highest BCUT2D eigenvalue weighted by Crippen LogP contribution is 2.18. The molecule has 0 aliphatic heterocycles. The smallest absolute Gasteiger partial charge is 0.261 e. The van der Waals surface area contributed by atoms with Crippen molar-refractivity contribution >= 4 is 21.6 Å². The van der Waals surface area contributed by atoms with Crippen molar-refractivity contribution < 1.29 is 22.3 Å². The summed E-state index contributed by atoms with van der Waals surface area (Å²) >= 11 is 0. The number of aryl methyl sites for hydroxylation is 1. The predicted octanol–water partition coefficient (Wildman–Crippen LogP) is 4.09. The first-order valence-electron chi connectivity index (χ1n) is 9.58. The number of anilines is 1. The third-order valence-corrected chi connectivity index (χ3v) is 5.97. The Bertz CT molecular complexity index is 1130. The standard InChI is InChI=1S/C23H23FN2O4S/c1-17-3-11-21(12-4-17)30-16-15-26(2)23(27)18-5-13-22(14-6-18)31(28,29)25-20-9-7-19(24)8-10-20/h3-14,25H,15-16H2,1-2H3. The van der Waals surface area contributed by atoms with Crippen LogP contribution in [0.2, 0.25) is 0 Å². The molecule has 0 aliphatic rings. The highest BCUT2D eigenvalue weighted by molar-refractivity contribution is 7.92. The molecule has 0 fully saturated rings. The van der Waals surface area contributed by atoms with E-state index in [0.717, 1.165) is 23.4 Å². The SMILES string of the molecule is Cc1ccc(OCCN(C)C(=O)c2ccc(S(=O)(=O)Nc3ccc(F)cc3)cc2)cc1. The van der Waals surface area contributed by atoms with Crippen molar-refractivity contribution in [3.05, 3.63) is 89.7 Å². The summed E-state index contributed by atoms with van der Waals surface area (Å²) in [4.78, 5) is 14.1. The summed E-state index contributed by atoms with van der Waals surface area (Å²) in [5, 5.41) is 0. The molecule has 1 N–H and O–H groups in total. The van der Waals surface area contributed by atoms with Gasteiger partial charge in [-0.25, -0.2) is 12.8 Å². The normalized spacial score (nSPS) is 11.1. The van der Waals surface area contributed by atoms with E-state index < -0.39 is 15.8 Å². The first-order valence-corrected chi connectivity index (χ1v) is 11.1. The van der Waals surface area contributed by atoms with Crippen LogP contribution in [0.4, 0.5) is 10.1 Å². The van der Waals surface area contributed by atoms with Gasteiger partial charge in [-0.2, -0.15) is 0 Å². The van der Waals surface area contributed by atoms with Gasteiger partial charge in [-0.1, -0.05) is 17.7 Å². The van der Waals surface area contributed by atoms with Gasteiger partial charge in [-0.3, -0.25) is 9.52 Å². The largest absolute Gasteiger partial charge is 0.492 e. The number of carbonyl (C=O) groups excluding carboxylic acids is 1. The lowest BCUT2D eigenvalue weighted by molar-refractivity contribution is 0.0773. The second-order valence-corrected chi connectivity index (χ2v) is 8.71. The monoisotopic (exact) mass is 442 g/mol. The molecule has 162 valence electrons. The summed E-state index contributed by atoms with van der Waals surface area (Å²) in [6.45, 7) is 2.70. The van der Waals surface area contributed by atoms with Gasteiger partial charge in [0.05, 0.1) is 11.4 Å². The van der Waals surface area contributed by atoms with Gasteiger partial charge in [0.15, 0.2) is 0 Å². The van der Waals surface area contributed by atoms with Gasteiger partial charge in [0.1, 0.15) is 18.2 Å². The maximum Gasteiger partial charge on any atom is 0.261 e. The Hall–Kier alpha value is -3.39. The molecule has 0 spiro atoms. The molecule has 0 heterocycles. The molecule has 6 nitrogen and oxygen atoms in total. The van der Waals surface area contributed by atoms with E-state index >= 15 is 0 Å². The van der Waals surface area contributed by atoms with Gasteiger partial charge in [-0.15, -0.1) is 0 Å². The maximum absolute atomic E-state index is 13.0. The van der Waals surface area contributed by atoms with E-state index in [9.17, 15) is 17.6 Å². The van der Waals surface area contributed by atoms with Crippen molar-refractivity contribution in [3.8, 4) is 5.75 Å². The second kappa shape index (κ2) is 9.61. The molecule has 0 radical (unpaired) electrons. The van der Waals surface area contributed by atoms with Gasteiger partial charge in [0.25, 0.3) is 15.9 Å². The summed E-state index contributed by atoms with van der Waals surface area (Å²) in [5.41, 5.74) is 1.74. The van der Waals surface area contributed by atoms with Crippen molar-refractivity contribution in [2.75, 3.05) is 24.9 Å². The van der Waals surface area contributed by atoms with Crippen molar-refractivity contribution in [2.45, 2.75) is 11.8 Å². The van der Waals surface area contributed by atoms with Gasteiger partial charge in [0, 0.05) is 18.3 Å². The van der Waals surface area contributed by atoms with E-state index in [1.165, 1.54) is 41.3 Å². The zero-order valence-corrected chi connectivity index (χ0v) is 18.0. The van der Waals surface area contributed by atoms with Crippen molar-refractivity contribution in [3.63, 3.8) is 0 Å². The Labute approximate surface area is 181 Å². The summed E-state index contributed by atoms with van der Waals surface area (Å²) in [7, 11) is -2.20. The third kappa shape index (κ3) is 6.05. The molecular weight excluding hydrogens is 419 g/mol. The van der Waals surface area contributed by atoms with Gasteiger partial charge in [0.2, 0.25) is 0 Å². The highest BCUT2D eigenvalue weighted by Gasteiger charge is 2.17. The third-order valence-electron chi connectivity index (χ3n) is 4.57. The van der Waals surface area contributed by atoms with Crippen LogP contribution in [-0.4, -0.2) is 39.4 Å². The number of likely N-dealkylation sites (N-methyl/N-ethyl adjacent to an activating group) is 1. The fourth-order valence-electron chi connectivity index (χ4n) is 2.77.